The van der Waals surface area contributed by atoms with Crippen LogP contribution in [-0.2, 0) is 19.5 Å². The van der Waals surface area contributed by atoms with Gasteiger partial charge in [0.05, 0.1) is 0 Å². The molecule has 0 saturated carbocycles. The molecular formula is C19H34N2O5. The molecule has 0 unspecified atom stereocenters. The number of hydrogen-bond donors (Lipinski definition) is 7. The van der Waals surface area contributed by atoms with Crippen LogP contribution in [0.25, 0.3) is 0 Å². The fourth-order valence-electron chi connectivity index (χ4n) is 2.99. The van der Waals surface area contributed by atoms with E-state index in [1.165, 1.54) is 19.3 Å². The molecule has 0 aliphatic rings. The zero-order chi connectivity index (χ0) is 19.4. The monoisotopic (exact) mass is 370 g/mol. The number of nitrogens with one attached hydrogen (secondary N) is 2. The molecular weight excluding hydrogens is 336 g/mol. The van der Waals surface area contributed by atoms with Gasteiger partial charge in [0, 0.05) is 26.2 Å². The van der Waals surface area contributed by atoms with Gasteiger partial charge in [-0.05, 0) is 41.7 Å². The minimum atomic E-state index is -1.42. The summed E-state index contributed by atoms with van der Waals surface area (Å²) in [5.74, 6) is 0.141. The van der Waals surface area contributed by atoms with E-state index >= 15 is 0 Å². The van der Waals surface area contributed by atoms with Crippen LogP contribution in [0.4, 0.5) is 0 Å². The summed E-state index contributed by atoms with van der Waals surface area (Å²) in [6.45, 7) is 3.13. The van der Waals surface area contributed by atoms with Gasteiger partial charge in [-0.2, -0.15) is 0 Å². The highest BCUT2D eigenvalue weighted by atomic mass is 16.5. The molecule has 1 rings (SSSR count). The van der Waals surface area contributed by atoms with Crippen molar-refractivity contribution in [2.45, 2.75) is 71.1 Å². The average molecular weight is 370 g/mol. The maximum atomic E-state index is 10.0. The Morgan fingerprint density at radius 3 is 1.77 bits per heavy atom. The van der Waals surface area contributed by atoms with E-state index < -0.39 is 12.6 Å². The molecule has 0 radical (unpaired) electrons. The van der Waals surface area contributed by atoms with Crippen LogP contribution in [0.2, 0.25) is 0 Å². The van der Waals surface area contributed by atoms with Crippen LogP contribution in [-0.4, -0.2) is 51.2 Å². The first-order valence-electron chi connectivity index (χ1n) is 9.41. The summed E-state index contributed by atoms with van der Waals surface area (Å²) < 4.78 is 0. The highest BCUT2D eigenvalue weighted by molar-refractivity contribution is 5.42. The van der Waals surface area contributed by atoms with E-state index in [0.717, 1.165) is 36.0 Å². The van der Waals surface area contributed by atoms with E-state index in [9.17, 15) is 5.11 Å². The Hall–Kier alpha value is -1.22. The van der Waals surface area contributed by atoms with Crippen molar-refractivity contribution in [2.24, 2.45) is 0 Å². The van der Waals surface area contributed by atoms with Crippen LogP contribution < -0.4 is 10.6 Å². The van der Waals surface area contributed by atoms with Crippen molar-refractivity contribution >= 4 is 0 Å². The van der Waals surface area contributed by atoms with Crippen molar-refractivity contribution in [3.8, 4) is 5.75 Å². The zero-order valence-electron chi connectivity index (χ0n) is 15.6. The van der Waals surface area contributed by atoms with E-state index in [0.29, 0.717) is 13.1 Å². The van der Waals surface area contributed by atoms with E-state index in [1.807, 2.05) is 0 Å². The summed E-state index contributed by atoms with van der Waals surface area (Å²) in [5.41, 5.74) is 2.95. The Morgan fingerprint density at radius 1 is 0.808 bits per heavy atom. The third-order valence-electron chi connectivity index (χ3n) is 4.23. The lowest BCUT2D eigenvalue weighted by atomic mass is 9.94. The number of aliphatic hydroxyl groups is 4. The normalized spacial score (nSPS) is 11.7. The highest BCUT2D eigenvalue weighted by Gasteiger charge is 2.12. The van der Waals surface area contributed by atoms with Gasteiger partial charge in [0.1, 0.15) is 5.75 Å². The number of unbranched alkanes of at least 4 members (excludes halogenated alkanes) is 4. The predicted molar refractivity (Wildman–Crippen MR) is 100 cm³/mol. The summed E-state index contributed by atoms with van der Waals surface area (Å²) in [5, 5.41) is 51.9. The summed E-state index contributed by atoms with van der Waals surface area (Å²) in [4.78, 5) is 0. The summed E-state index contributed by atoms with van der Waals surface area (Å²) in [7, 11) is 0. The second-order valence-corrected chi connectivity index (χ2v) is 6.63. The van der Waals surface area contributed by atoms with Crippen molar-refractivity contribution in [1.29, 1.82) is 0 Å². The van der Waals surface area contributed by atoms with Crippen LogP contribution in [0, 0.1) is 0 Å². The molecule has 1 aromatic carbocycles. The summed E-state index contributed by atoms with van der Waals surface area (Å²) >= 11 is 0. The Labute approximate surface area is 155 Å². The van der Waals surface area contributed by atoms with Crippen LogP contribution >= 0.6 is 0 Å². The van der Waals surface area contributed by atoms with Crippen LogP contribution in [0.3, 0.4) is 0 Å². The first kappa shape index (κ1) is 22.8. The first-order valence-corrected chi connectivity index (χ1v) is 9.41. The number of phenols is 1. The van der Waals surface area contributed by atoms with Gasteiger partial charge in [-0.1, -0.05) is 32.6 Å². The SMILES string of the molecule is CCCCCCCc1c(CNCC(O)O)cc(O)cc1CNCC(O)O. The zero-order valence-corrected chi connectivity index (χ0v) is 15.6. The lowest BCUT2D eigenvalue weighted by molar-refractivity contribution is -0.0379. The van der Waals surface area contributed by atoms with Crippen LogP contribution in [0.15, 0.2) is 12.1 Å². The Balaban J connectivity index is 2.83. The third kappa shape index (κ3) is 9.47. The molecule has 0 atom stereocenters. The smallest absolute Gasteiger partial charge is 0.164 e. The maximum absolute atomic E-state index is 10.0. The molecule has 0 aromatic heterocycles. The van der Waals surface area contributed by atoms with E-state index in [1.54, 1.807) is 12.1 Å². The lowest BCUT2D eigenvalue weighted by Crippen LogP contribution is -2.27. The molecule has 0 aliphatic heterocycles. The maximum Gasteiger partial charge on any atom is 0.164 e. The number of aromatic hydroxyl groups is 1. The fraction of sp³-hybridized carbons (Fsp3) is 0.684. The summed E-state index contributed by atoms with van der Waals surface area (Å²) in [6.07, 6.45) is 3.81. The molecule has 0 amide bonds. The molecule has 0 spiro atoms. The van der Waals surface area contributed by atoms with E-state index in [4.69, 9.17) is 20.4 Å². The van der Waals surface area contributed by atoms with E-state index in [-0.39, 0.29) is 18.8 Å². The molecule has 0 fully saturated rings. The Morgan fingerprint density at radius 2 is 1.31 bits per heavy atom. The van der Waals surface area contributed by atoms with Gasteiger partial charge in [0.15, 0.2) is 12.6 Å². The lowest BCUT2D eigenvalue weighted by Gasteiger charge is -2.18. The largest absolute Gasteiger partial charge is 0.508 e. The van der Waals surface area contributed by atoms with Gasteiger partial charge in [-0.15, -0.1) is 0 Å². The van der Waals surface area contributed by atoms with Crippen molar-refractivity contribution in [3.63, 3.8) is 0 Å². The van der Waals surface area contributed by atoms with Gasteiger partial charge in [-0.25, -0.2) is 0 Å². The van der Waals surface area contributed by atoms with E-state index in [2.05, 4.69) is 17.6 Å². The Bertz CT molecular complexity index is 474. The first-order chi connectivity index (χ1) is 12.4. The van der Waals surface area contributed by atoms with Gasteiger partial charge in [0.2, 0.25) is 0 Å². The Kier molecular flexibility index (Phi) is 11.4. The van der Waals surface area contributed by atoms with Crippen molar-refractivity contribution in [3.05, 3.63) is 28.8 Å². The highest BCUT2D eigenvalue weighted by Crippen LogP contribution is 2.24. The molecule has 26 heavy (non-hydrogen) atoms. The molecule has 0 bridgehead atoms. The average Bonchev–Trinajstić information content (AvgIpc) is 2.55. The molecule has 0 saturated heterocycles. The number of aliphatic hydroxyl groups excluding tert-OH is 2. The van der Waals surface area contributed by atoms with Gasteiger partial charge < -0.3 is 36.2 Å². The number of rotatable bonds is 14. The summed E-state index contributed by atoms with van der Waals surface area (Å²) in [6, 6.07) is 3.39. The molecule has 150 valence electrons. The predicted octanol–water partition coefficient (Wildman–Crippen LogP) is 0.706. The van der Waals surface area contributed by atoms with Gasteiger partial charge in [-0.3, -0.25) is 0 Å². The molecule has 7 N–H and O–H groups in total. The topological polar surface area (TPSA) is 125 Å². The number of phenolic OH excluding ortho intramolecular Hbond substituents is 1. The third-order valence-corrected chi connectivity index (χ3v) is 4.23. The van der Waals surface area contributed by atoms with Gasteiger partial charge in [0.25, 0.3) is 0 Å². The second kappa shape index (κ2) is 13.0. The van der Waals surface area contributed by atoms with Crippen LogP contribution in [0.1, 0.15) is 55.7 Å². The van der Waals surface area contributed by atoms with Crippen molar-refractivity contribution < 1.29 is 25.5 Å². The van der Waals surface area contributed by atoms with Gasteiger partial charge >= 0.3 is 0 Å². The fourth-order valence-corrected chi connectivity index (χ4v) is 2.99. The molecule has 0 aliphatic carbocycles. The molecule has 0 heterocycles. The molecule has 7 heteroatoms. The molecule has 1 aromatic rings. The molecule has 7 nitrogen and oxygen atoms in total. The second-order valence-electron chi connectivity index (χ2n) is 6.63. The minimum Gasteiger partial charge on any atom is -0.508 e. The number of benzene rings is 1. The van der Waals surface area contributed by atoms with Crippen LogP contribution in [0.5, 0.6) is 5.75 Å². The standard InChI is InChI=1S/C19H34N2O5/c1-2-3-4-5-6-7-17-14(10-20-12-18(23)24)8-16(22)9-15(17)11-21-13-19(25)26/h8-9,18-26H,2-7,10-13H2,1H3. The number of hydrogen-bond acceptors (Lipinski definition) is 7. The minimum absolute atomic E-state index is 0.0515. The van der Waals surface area contributed by atoms with Crippen molar-refractivity contribution in [2.75, 3.05) is 13.1 Å². The quantitative estimate of drug-likeness (QED) is 0.190. The van der Waals surface area contributed by atoms with Crippen molar-refractivity contribution in [1.82, 2.24) is 10.6 Å².